The van der Waals surface area contributed by atoms with Crippen LogP contribution >= 0.6 is 0 Å². The van der Waals surface area contributed by atoms with Gasteiger partial charge in [0.2, 0.25) is 15.9 Å². The molecule has 2 N–H and O–H groups in total. The fraction of sp³-hybridized carbons (Fsp3) is 0.917. The van der Waals surface area contributed by atoms with E-state index >= 15 is 0 Å². The van der Waals surface area contributed by atoms with Crippen LogP contribution in [0.2, 0.25) is 0 Å². The Hall–Kier alpha value is -0.660. The van der Waals surface area contributed by atoms with Gasteiger partial charge in [-0.25, -0.2) is 13.1 Å². The van der Waals surface area contributed by atoms with E-state index in [-0.39, 0.29) is 5.91 Å². The Labute approximate surface area is 115 Å². The van der Waals surface area contributed by atoms with Gasteiger partial charge in [-0.2, -0.15) is 0 Å². The molecule has 2 rings (SSSR count). The van der Waals surface area contributed by atoms with E-state index in [1.165, 1.54) is 0 Å². The maximum Gasteiger partial charge on any atom is 0.240 e. The van der Waals surface area contributed by atoms with E-state index in [2.05, 4.69) is 10.0 Å². The van der Waals surface area contributed by atoms with E-state index in [1.807, 2.05) is 0 Å². The minimum atomic E-state index is -3.34. The zero-order valence-corrected chi connectivity index (χ0v) is 12.4. The van der Waals surface area contributed by atoms with Crippen molar-refractivity contribution in [3.8, 4) is 0 Å². The van der Waals surface area contributed by atoms with Gasteiger partial charge in [0, 0.05) is 13.1 Å². The van der Waals surface area contributed by atoms with Crippen molar-refractivity contribution >= 4 is 15.9 Å². The van der Waals surface area contributed by atoms with Crippen LogP contribution < -0.4 is 10.0 Å². The number of rotatable bonds is 3. The molecule has 2 fully saturated rings. The van der Waals surface area contributed by atoms with E-state index in [9.17, 15) is 13.2 Å². The third-order valence-corrected chi connectivity index (χ3v) is 4.87. The summed E-state index contributed by atoms with van der Waals surface area (Å²) in [5.74, 6) is 1.21. The van der Waals surface area contributed by atoms with Gasteiger partial charge in [-0.05, 0) is 44.7 Å². The Morgan fingerprint density at radius 3 is 2.26 bits per heavy atom. The molecule has 3 atom stereocenters. The Balaban J connectivity index is 1.92. The van der Waals surface area contributed by atoms with Crippen LogP contribution in [-0.4, -0.2) is 57.7 Å². The number of likely N-dealkylation sites (tertiary alicyclic amines) is 1. The lowest BCUT2D eigenvalue weighted by molar-refractivity contribution is -0.132. The zero-order valence-electron chi connectivity index (χ0n) is 11.6. The van der Waals surface area contributed by atoms with Gasteiger partial charge in [0.05, 0.1) is 12.3 Å². The second-order valence-corrected chi connectivity index (χ2v) is 7.47. The quantitative estimate of drug-likeness (QED) is 0.726. The lowest BCUT2D eigenvalue weighted by Gasteiger charge is -2.24. The fourth-order valence-electron chi connectivity index (χ4n) is 3.08. The van der Waals surface area contributed by atoms with E-state index in [0.29, 0.717) is 11.8 Å². The van der Waals surface area contributed by atoms with Gasteiger partial charge < -0.3 is 10.2 Å². The molecule has 0 radical (unpaired) electrons. The van der Waals surface area contributed by atoms with Gasteiger partial charge in [-0.1, -0.05) is 0 Å². The number of amides is 1. The number of sulfonamides is 1. The monoisotopic (exact) mass is 289 g/mol. The van der Waals surface area contributed by atoms with Gasteiger partial charge in [0.25, 0.3) is 0 Å². The summed E-state index contributed by atoms with van der Waals surface area (Å²) in [7, 11) is -3.34. The molecule has 1 unspecified atom stereocenters. The summed E-state index contributed by atoms with van der Waals surface area (Å²) in [6.45, 7) is 5.17. The number of carbonyl (C=O) groups is 1. The molecular formula is C12H23N3O3S. The Morgan fingerprint density at radius 2 is 1.79 bits per heavy atom. The number of hydrogen-bond donors (Lipinski definition) is 2. The molecule has 0 aromatic heterocycles. The molecule has 0 aromatic carbocycles. The van der Waals surface area contributed by atoms with Gasteiger partial charge in [-0.15, -0.1) is 0 Å². The fourth-order valence-corrected chi connectivity index (χ4v) is 3.83. The van der Waals surface area contributed by atoms with Crippen molar-refractivity contribution in [3.05, 3.63) is 0 Å². The Morgan fingerprint density at radius 1 is 1.26 bits per heavy atom. The van der Waals surface area contributed by atoms with Crippen molar-refractivity contribution in [2.24, 2.45) is 11.8 Å². The SMILES string of the molecule is CC(NS(C)(=O)=O)C(=O)N1CC[C@@H]2CNC[C@@H]2CC1. The molecule has 6 nitrogen and oxygen atoms in total. The lowest BCUT2D eigenvalue weighted by Crippen LogP contribution is -2.47. The van der Waals surface area contributed by atoms with Crippen molar-refractivity contribution in [3.63, 3.8) is 0 Å². The summed E-state index contributed by atoms with van der Waals surface area (Å²) in [6, 6.07) is -0.675. The number of nitrogens with one attached hydrogen (secondary N) is 2. The second-order valence-electron chi connectivity index (χ2n) is 5.69. The molecule has 19 heavy (non-hydrogen) atoms. The van der Waals surface area contributed by atoms with E-state index < -0.39 is 16.1 Å². The zero-order chi connectivity index (χ0) is 14.0. The first-order chi connectivity index (χ1) is 8.87. The summed E-state index contributed by atoms with van der Waals surface area (Å²) >= 11 is 0. The van der Waals surface area contributed by atoms with Gasteiger partial charge in [0.1, 0.15) is 0 Å². The second kappa shape index (κ2) is 5.76. The molecule has 1 amide bonds. The average molecular weight is 289 g/mol. The molecule has 0 aromatic rings. The smallest absolute Gasteiger partial charge is 0.240 e. The molecule has 7 heteroatoms. The standard InChI is InChI=1S/C12H23N3O3S/c1-9(14-19(2,17)18)12(16)15-5-3-10-7-13-8-11(10)4-6-15/h9-11,13-14H,3-8H2,1-2H3/t9?,10-,11+. The van der Waals surface area contributed by atoms with Gasteiger partial charge >= 0.3 is 0 Å². The predicted octanol–water partition coefficient (Wildman–Crippen LogP) is -0.618. The highest BCUT2D eigenvalue weighted by molar-refractivity contribution is 7.88. The molecule has 110 valence electrons. The highest BCUT2D eigenvalue weighted by atomic mass is 32.2. The summed E-state index contributed by atoms with van der Waals surface area (Å²) in [5.41, 5.74) is 0. The van der Waals surface area contributed by atoms with Crippen molar-refractivity contribution in [2.75, 3.05) is 32.4 Å². The highest BCUT2D eigenvalue weighted by Crippen LogP contribution is 2.27. The normalized spacial score (nSPS) is 29.7. The molecule has 2 aliphatic heterocycles. The third-order valence-electron chi connectivity index (χ3n) is 4.09. The number of nitrogens with zero attached hydrogens (tertiary/aromatic N) is 1. The number of fused-ring (bicyclic) bond motifs is 1. The highest BCUT2D eigenvalue weighted by Gasteiger charge is 2.32. The van der Waals surface area contributed by atoms with Crippen molar-refractivity contribution in [2.45, 2.75) is 25.8 Å². The third kappa shape index (κ3) is 3.90. The Bertz CT molecular complexity index is 424. The van der Waals surface area contributed by atoms with Crippen LogP contribution in [0.5, 0.6) is 0 Å². The molecule has 0 aliphatic carbocycles. The molecular weight excluding hydrogens is 266 g/mol. The Kier molecular flexibility index (Phi) is 4.47. The van der Waals surface area contributed by atoms with E-state index in [0.717, 1.165) is 45.3 Å². The topological polar surface area (TPSA) is 78.5 Å². The van der Waals surface area contributed by atoms with Crippen molar-refractivity contribution in [1.82, 2.24) is 14.9 Å². The largest absolute Gasteiger partial charge is 0.341 e. The van der Waals surface area contributed by atoms with Crippen molar-refractivity contribution in [1.29, 1.82) is 0 Å². The molecule has 0 saturated carbocycles. The number of carbonyl (C=O) groups excluding carboxylic acids is 1. The number of hydrogen-bond acceptors (Lipinski definition) is 4. The summed E-state index contributed by atoms with van der Waals surface area (Å²) < 4.78 is 24.7. The van der Waals surface area contributed by atoms with Crippen LogP contribution in [-0.2, 0) is 14.8 Å². The first kappa shape index (κ1) is 14.7. The summed E-state index contributed by atoms with van der Waals surface area (Å²) in [5, 5.41) is 3.39. The average Bonchev–Trinajstić information content (AvgIpc) is 2.65. The molecule has 2 aliphatic rings. The first-order valence-corrected chi connectivity index (χ1v) is 8.73. The van der Waals surface area contributed by atoms with Crippen LogP contribution in [0.15, 0.2) is 0 Å². The summed E-state index contributed by atoms with van der Waals surface area (Å²) in [6.07, 6.45) is 3.10. The van der Waals surface area contributed by atoms with Gasteiger partial charge in [-0.3, -0.25) is 4.79 Å². The lowest BCUT2D eigenvalue weighted by atomic mass is 9.92. The molecule has 2 saturated heterocycles. The summed E-state index contributed by atoms with van der Waals surface area (Å²) in [4.78, 5) is 14.0. The van der Waals surface area contributed by atoms with Crippen LogP contribution in [0, 0.1) is 11.8 Å². The molecule has 0 spiro atoms. The van der Waals surface area contributed by atoms with Crippen LogP contribution in [0.3, 0.4) is 0 Å². The van der Waals surface area contributed by atoms with E-state index in [1.54, 1.807) is 11.8 Å². The van der Waals surface area contributed by atoms with Crippen molar-refractivity contribution < 1.29 is 13.2 Å². The van der Waals surface area contributed by atoms with Crippen LogP contribution in [0.1, 0.15) is 19.8 Å². The maximum atomic E-state index is 12.2. The maximum absolute atomic E-state index is 12.2. The molecule has 2 heterocycles. The predicted molar refractivity (Wildman–Crippen MR) is 73.1 cm³/mol. The van der Waals surface area contributed by atoms with Crippen LogP contribution in [0.25, 0.3) is 0 Å². The van der Waals surface area contributed by atoms with Gasteiger partial charge in [0.15, 0.2) is 0 Å². The minimum absolute atomic E-state index is 0.113. The molecule has 0 bridgehead atoms. The first-order valence-electron chi connectivity index (χ1n) is 6.83. The van der Waals surface area contributed by atoms with Crippen LogP contribution in [0.4, 0.5) is 0 Å². The minimum Gasteiger partial charge on any atom is -0.341 e. The van der Waals surface area contributed by atoms with E-state index in [4.69, 9.17) is 0 Å².